The summed E-state index contributed by atoms with van der Waals surface area (Å²) in [6.07, 6.45) is -3.49. The van der Waals surface area contributed by atoms with E-state index in [-0.39, 0.29) is 44.2 Å². The van der Waals surface area contributed by atoms with Gasteiger partial charge in [0, 0.05) is 48.5 Å². The summed E-state index contributed by atoms with van der Waals surface area (Å²) < 4.78 is 48.7. The number of aromatic nitrogens is 3. The predicted octanol–water partition coefficient (Wildman–Crippen LogP) is 3.65. The molecule has 3 aliphatic rings. The van der Waals surface area contributed by atoms with E-state index in [4.69, 9.17) is 34.3 Å². The molecule has 0 aliphatic carbocycles. The molecule has 3 saturated heterocycles. The fourth-order valence-corrected chi connectivity index (χ4v) is 8.96. The van der Waals surface area contributed by atoms with Gasteiger partial charge in [-0.1, -0.05) is 38.9 Å². The number of aliphatic hydroxyl groups excluding tert-OH is 1. The molecule has 4 N–H and O–H groups in total. The van der Waals surface area contributed by atoms with Crippen LogP contribution in [0.4, 0.5) is 10.2 Å². The number of carbonyl (C=O) groups is 3. The molecule has 0 spiro atoms. The fraction of sp³-hybridized carbons (Fsp3) is 0.682. The minimum Gasteiger partial charge on any atom is -0.457 e. The van der Waals surface area contributed by atoms with Crippen molar-refractivity contribution in [3.63, 3.8) is 0 Å². The van der Waals surface area contributed by atoms with Crippen LogP contribution in [0.15, 0.2) is 40.7 Å². The van der Waals surface area contributed by atoms with Crippen LogP contribution in [0.5, 0.6) is 0 Å². The van der Waals surface area contributed by atoms with Crippen molar-refractivity contribution >= 4 is 34.9 Å². The number of esters is 1. The average Bonchev–Trinajstić information content (AvgIpc) is 3.23. The number of halogens is 1. The number of anilines is 1. The zero-order chi connectivity index (χ0) is 46.6. The normalized spacial score (nSPS) is 37.5. The molecule has 0 unspecified atom stereocenters. The maximum Gasteiger partial charge on any atom is 0.351 e. The maximum atomic E-state index is 16.9. The van der Waals surface area contributed by atoms with Crippen molar-refractivity contribution in [2.75, 3.05) is 33.0 Å². The molecular weight excluding hydrogens is 822 g/mol. The number of aliphatic imine (C=N–C) groups is 1. The van der Waals surface area contributed by atoms with Crippen molar-refractivity contribution in [3.8, 4) is 11.3 Å². The number of oxime groups is 1. The SMILES string of the molecule is CC[C@H]1OC(=O)[C@@](C)(F)C(=O)[C@H](C)[C@@H](O[C@@H]2O[C@H](C)C[C@H](N(C)C)[C@H]2O)[C@@]2(C)C[C@@H](C)C(=NC(C)=O)[C@H](C)[C@H](OC/C(=N\OCc3ncc(-c4cccc(N)n4)cn3)CO2)[C@]1(C)O. The Balaban J connectivity index is 1.64. The second kappa shape index (κ2) is 20.2. The summed E-state index contributed by atoms with van der Waals surface area (Å²) in [5, 5.41) is 28.4. The number of rotatable bonds is 8. The molecule has 3 aliphatic heterocycles. The first-order chi connectivity index (χ1) is 29.5. The van der Waals surface area contributed by atoms with Crippen molar-refractivity contribution in [2.45, 2.75) is 148 Å². The van der Waals surface area contributed by atoms with E-state index in [0.29, 0.717) is 29.2 Å². The van der Waals surface area contributed by atoms with Crippen LogP contribution >= 0.6 is 0 Å². The quantitative estimate of drug-likeness (QED) is 0.195. The van der Waals surface area contributed by atoms with Gasteiger partial charge in [0.05, 0.1) is 42.8 Å². The number of hydrogen-bond acceptors (Lipinski definition) is 17. The van der Waals surface area contributed by atoms with E-state index in [1.165, 1.54) is 20.8 Å². The Morgan fingerprint density at radius 2 is 1.76 bits per heavy atom. The van der Waals surface area contributed by atoms with Gasteiger partial charge in [0.2, 0.25) is 5.91 Å². The van der Waals surface area contributed by atoms with E-state index in [9.17, 15) is 24.6 Å². The van der Waals surface area contributed by atoms with Crippen molar-refractivity contribution < 1.29 is 57.5 Å². The molecule has 2 aromatic rings. The van der Waals surface area contributed by atoms with E-state index in [1.807, 2.05) is 25.9 Å². The summed E-state index contributed by atoms with van der Waals surface area (Å²) in [4.78, 5) is 66.3. The van der Waals surface area contributed by atoms with Gasteiger partial charge in [-0.2, -0.15) is 0 Å². The number of carbonyl (C=O) groups excluding carboxylic acids is 3. The Labute approximate surface area is 368 Å². The van der Waals surface area contributed by atoms with E-state index in [0.717, 1.165) is 6.92 Å². The summed E-state index contributed by atoms with van der Waals surface area (Å²) >= 11 is 0. The van der Waals surface area contributed by atoms with Crippen LogP contribution < -0.4 is 5.73 Å². The highest BCUT2D eigenvalue weighted by Crippen LogP contribution is 2.41. The highest BCUT2D eigenvalue weighted by molar-refractivity contribution is 6.08. The highest BCUT2D eigenvalue weighted by Gasteiger charge is 2.56. The third-order valence-electron chi connectivity index (χ3n) is 12.3. The number of aliphatic hydroxyl groups is 2. The summed E-state index contributed by atoms with van der Waals surface area (Å²) in [6.45, 7) is 12.7. The lowest BCUT2D eigenvalue weighted by atomic mass is 9.73. The first kappa shape index (κ1) is 49.6. The van der Waals surface area contributed by atoms with E-state index >= 15 is 4.39 Å². The molecule has 2 aromatic heterocycles. The minimum absolute atomic E-state index is 0.0169. The monoisotopic (exact) mass is 885 g/mol. The van der Waals surface area contributed by atoms with Crippen molar-refractivity contribution in [1.82, 2.24) is 19.9 Å². The van der Waals surface area contributed by atoms with Crippen LogP contribution in [0.1, 0.15) is 87.4 Å². The molecule has 1 amide bonds. The number of likely N-dealkylation sites (N-methyl/N-ethyl adjacent to an activating group) is 1. The molecule has 0 aromatic carbocycles. The number of nitrogens with two attached hydrogens (primary N) is 1. The number of cyclic esters (lactones) is 1. The van der Waals surface area contributed by atoms with Crippen LogP contribution in [0.2, 0.25) is 0 Å². The maximum absolute atomic E-state index is 16.9. The Hall–Kier alpha value is -4.37. The van der Waals surface area contributed by atoms with Gasteiger partial charge in [-0.25, -0.2) is 29.1 Å². The Morgan fingerprint density at radius 3 is 2.38 bits per heavy atom. The van der Waals surface area contributed by atoms with E-state index in [2.05, 4.69) is 25.1 Å². The molecule has 5 heterocycles. The third kappa shape index (κ3) is 11.3. The van der Waals surface area contributed by atoms with Gasteiger partial charge in [-0.3, -0.25) is 9.59 Å². The largest absolute Gasteiger partial charge is 0.457 e. The van der Waals surface area contributed by atoms with Gasteiger partial charge in [-0.05, 0) is 79.1 Å². The number of ether oxygens (including phenoxy) is 5. The van der Waals surface area contributed by atoms with Crippen molar-refractivity contribution in [2.24, 2.45) is 27.9 Å². The molecule has 3 fully saturated rings. The van der Waals surface area contributed by atoms with Gasteiger partial charge in [0.15, 0.2) is 24.5 Å². The van der Waals surface area contributed by atoms with Gasteiger partial charge in [0.25, 0.3) is 5.67 Å². The number of nitrogens with zero attached hydrogens (tertiary/aromatic N) is 6. The van der Waals surface area contributed by atoms with E-state index < -0.39 is 95.1 Å². The smallest absolute Gasteiger partial charge is 0.351 e. The number of alkyl halides is 1. The zero-order valence-corrected chi connectivity index (χ0v) is 38.1. The highest BCUT2D eigenvalue weighted by atomic mass is 19.1. The molecule has 0 radical (unpaired) electrons. The summed E-state index contributed by atoms with van der Waals surface area (Å²) in [7, 11) is 3.62. The zero-order valence-electron chi connectivity index (χ0n) is 38.1. The van der Waals surface area contributed by atoms with Crippen LogP contribution in [0, 0.1) is 17.8 Å². The molecule has 18 nitrogen and oxygen atoms in total. The average molecular weight is 886 g/mol. The molecule has 63 heavy (non-hydrogen) atoms. The first-order valence-corrected chi connectivity index (χ1v) is 21.4. The second-order valence-corrected chi connectivity index (χ2v) is 17.9. The number of hydrogen-bond donors (Lipinski definition) is 3. The lowest BCUT2D eigenvalue weighted by Gasteiger charge is -2.47. The molecular formula is C44H64FN7O11. The number of ketones is 1. The lowest BCUT2D eigenvalue weighted by molar-refractivity contribution is -0.296. The summed E-state index contributed by atoms with van der Waals surface area (Å²) in [6, 6.07) is 4.80. The second-order valence-electron chi connectivity index (χ2n) is 17.9. The minimum atomic E-state index is -3.23. The molecule has 13 atom stereocenters. The van der Waals surface area contributed by atoms with Crippen LogP contribution in [0.25, 0.3) is 11.3 Å². The van der Waals surface area contributed by atoms with Gasteiger partial charge < -0.3 is 49.4 Å². The van der Waals surface area contributed by atoms with Crippen LogP contribution in [0.3, 0.4) is 0 Å². The van der Waals surface area contributed by atoms with E-state index in [1.54, 1.807) is 58.3 Å². The van der Waals surface area contributed by atoms with Crippen molar-refractivity contribution in [3.05, 3.63) is 36.4 Å². The Bertz CT molecular complexity index is 2000. The lowest BCUT2D eigenvalue weighted by Crippen LogP contribution is -2.61. The van der Waals surface area contributed by atoms with Crippen LogP contribution in [-0.2, 0) is 49.5 Å². The number of nitrogen functional groups attached to an aromatic ring is 1. The summed E-state index contributed by atoms with van der Waals surface area (Å²) in [5.41, 5.74) is 0.631. The summed E-state index contributed by atoms with van der Waals surface area (Å²) in [5.74, 6) is -5.57. The number of Topliss-reactive ketones (excluding diaryl/α,β-unsaturated/α-hetero) is 1. The fourth-order valence-electron chi connectivity index (χ4n) is 8.96. The third-order valence-corrected chi connectivity index (χ3v) is 12.3. The molecule has 2 bridgehead atoms. The van der Waals surface area contributed by atoms with Gasteiger partial charge in [0.1, 0.15) is 29.3 Å². The molecule has 0 saturated carbocycles. The van der Waals surface area contributed by atoms with Gasteiger partial charge in [-0.15, -0.1) is 0 Å². The Kier molecular flexibility index (Phi) is 15.9. The number of pyridine rings is 1. The molecule has 348 valence electrons. The Morgan fingerprint density at radius 1 is 1.08 bits per heavy atom. The number of amides is 1. The molecule has 19 heteroatoms. The predicted molar refractivity (Wildman–Crippen MR) is 229 cm³/mol. The van der Waals surface area contributed by atoms with Gasteiger partial charge >= 0.3 is 5.97 Å². The van der Waals surface area contributed by atoms with Crippen LogP contribution in [-0.4, -0.2) is 146 Å². The molecule has 5 rings (SSSR count). The topological polar surface area (TPSA) is 240 Å². The first-order valence-electron chi connectivity index (χ1n) is 21.4. The number of fused-ring (bicyclic) bond motifs is 5. The van der Waals surface area contributed by atoms with Crippen molar-refractivity contribution in [1.29, 1.82) is 0 Å². The standard InChI is InChI=1S/C44H64FN7O11/c1-12-32-44(9,57)39-25(4)35(49-27(6)53)23(2)17-42(7,59-21-29(20-58-39)51-60-22-34-47-18-28(19-48-34)30-14-13-15-33(46)50-30)38(26(5)37(55)43(8,45)41(56)62-32)63-40-36(54)31(52(10)11)16-24(3)61-40/h13-15,18-19,23-26,31-32,36,38-40,54,57H,12,16-17,20-22H2,1-11H3,(H2,46,50)/b49-35?,51-29+/t23-,24-,25+,26+,31+,32-,36-,38-,39+,40+,42-,43+,44-/m1/s1.